The van der Waals surface area contributed by atoms with Crippen LogP contribution in [0, 0.1) is 25.2 Å². The number of carbonyl (C=O) groups is 2. The number of piperazine rings is 1. The molecule has 3 N–H and O–H groups in total. The second-order valence-corrected chi connectivity index (χ2v) is 16.9. The number of likely N-dealkylation sites (N-methyl/N-ethyl adjacent to an activating group) is 1. The number of ether oxygens (including phenoxy) is 6. The Kier molecular flexibility index (Phi) is 8.48. The van der Waals surface area contributed by atoms with Crippen LogP contribution in [0.2, 0.25) is 0 Å². The minimum Gasteiger partial charge on any atom is -0.504 e. The topological polar surface area (TPSA) is 189 Å². The van der Waals surface area contributed by atoms with E-state index in [4.69, 9.17) is 28.4 Å². The standard InChI is InChI=1S/C40H42N4O11S/c1-17-9-21-10-23-24(13-41)44-25-14-52-39(48)40(22-12-27(50-5)26(46)11-20(22)7-8-42-40)15-56(49)38(32(44)31(43(23)4)28(21)33(47)34(17)51-6)30-29(25)37-36(53-16-54-37)18(2)35(30)55-19(3)45/h9,11-12,23-25,31-32,38,42,46-47H,7-8,10,14-16H2,1-6H3/t23-,24+,25-,31-,32?,38-,40-,56?/m1/s1. The highest BCUT2D eigenvalue weighted by atomic mass is 32.2. The van der Waals surface area contributed by atoms with Gasteiger partial charge in [0.2, 0.25) is 6.79 Å². The van der Waals surface area contributed by atoms with Crippen molar-refractivity contribution in [1.29, 1.82) is 5.26 Å². The van der Waals surface area contributed by atoms with Crippen LogP contribution >= 0.6 is 0 Å². The molecule has 0 aromatic heterocycles. The summed E-state index contributed by atoms with van der Waals surface area (Å²) in [4.78, 5) is 31.8. The molecule has 3 aromatic rings. The third-order valence-corrected chi connectivity index (χ3v) is 14.4. The lowest BCUT2D eigenvalue weighted by molar-refractivity contribution is -0.157. The van der Waals surface area contributed by atoms with Gasteiger partial charge in [-0.1, -0.05) is 6.07 Å². The smallest absolute Gasteiger partial charge is 0.332 e. The van der Waals surface area contributed by atoms with Gasteiger partial charge in [0.25, 0.3) is 0 Å². The van der Waals surface area contributed by atoms with Crippen LogP contribution in [-0.4, -0.2) is 101 Å². The molecule has 7 heterocycles. The van der Waals surface area contributed by atoms with Crippen molar-refractivity contribution in [2.24, 2.45) is 0 Å². The van der Waals surface area contributed by atoms with Crippen LogP contribution in [0.5, 0.6) is 40.2 Å². The summed E-state index contributed by atoms with van der Waals surface area (Å²) in [5.74, 6) is -0.469. The normalized spacial score (nSPS) is 29.9. The van der Waals surface area contributed by atoms with E-state index in [-0.39, 0.29) is 48.2 Å². The molecule has 3 aromatic carbocycles. The van der Waals surface area contributed by atoms with Gasteiger partial charge in [-0.05, 0) is 68.1 Å². The quantitative estimate of drug-likeness (QED) is 0.259. The molecule has 8 atom stereocenters. The summed E-state index contributed by atoms with van der Waals surface area (Å²) >= 11 is 0. The molecule has 2 fully saturated rings. The lowest BCUT2D eigenvalue weighted by Crippen LogP contribution is -2.70. The number of phenolic OH excluding ortho intramolecular Hbond substituents is 2. The van der Waals surface area contributed by atoms with Gasteiger partial charge in [0.05, 0.1) is 49.4 Å². The number of aromatic hydroxyl groups is 2. The van der Waals surface area contributed by atoms with Crippen molar-refractivity contribution in [1.82, 2.24) is 15.1 Å². The molecule has 16 heteroatoms. The molecule has 0 radical (unpaired) electrons. The number of methoxy groups -OCH3 is 2. The largest absolute Gasteiger partial charge is 0.504 e. The fraction of sp³-hybridized carbons (Fsp3) is 0.475. The molecule has 0 aliphatic carbocycles. The van der Waals surface area contributed by atoms with Crippen molar-refractivity contribution in [2.75, 3.05) is 47.0 Å². The Labute approximate surface area is 325 Å². The van der Waals surface area contributed by atoms with Crippen molar-refractivity contribution < 1.29 is 52.4 Å². The van der Waals surface area contributed by atoms with E-state index in [2.05, 4.69) is 16.3 Å². The average Bonchev–Trinajstić information content (AvgIpc) is 3.65. The van der Waals surface area contributed by atoms with Crippen LogP contribution in [-0.2, 0) is 43.5 Å². The first-order valence-electron chi connectivity index (χ1n) is 18.5. The van der Waals surface area contributed by atoms with E-state index in [9.17, 15) is 25.1 Å². The van der Waals surface area contributed by atoms with Crippen molar-refractivity contribution in [3.8, 4) is 46.3 Å². The number of hydrogen-bond donors (Lipinski definition) is 3. The zero-order valence-corrected chi connectivity index (χ0v) is 32.6. The number of nitriles is 1. The molecule has 15 nitrogen and oxygen atoms in total. The van der Waals surface area contributed by atoms with E-state index in [0.717, 1.165) is 11.1 Å². The lowest BCUT2D eigenvalue weighted by atomic mass is 9.71. The molecule has 7 aliphatic heterocycles. The van der Waals surface area contributed by atoms with Crippen LogP contribution in [0.4, 0.5) is 0 Å². The number of nitrogens with one attached hydrogen (secondary N) is 1. The third-order valence-electron chi connectivity index (χ3n) is 12.6. The van der Waals surface area contributed by atoms with Gasteiger partial charge in [-0.2, -0.15) is 5.26 Å². The Morgan fingerprint density at radius 3 is 2.54 bits per heavy atom. The van der Waals surface area contributed by atoms with E-state index < -0.39 is 57.7 Å². The molecule has 10 rings (SSSR count). The lowest BCUT2D eigenvalue weighted by Gasteiger charge is -2.61. The minimum atomic E-state index is -2.06. The van der Waals surface area contributed by atoms with Crippen LogP contribution in [0.15, 0.2) is 18.2 Å². The summed E-state index contributed by atoms with van der Waals surface area (Å²) in [5.41, 5.74) is 2.99. The van der Waals surface area contributed by atoms with Crippen LogP contribution in [0.1, 0.15) is 68.8 Å². The number of phenols is 2. The maximum atomic E-state index is 16.0. The van der Waals surface area contributed by atoms with Crippen molar-refractivity contribution in [3.63, 3.8) is 0 Å². The zero-order chi connectivity index (χ0) is 39.5. The second-order valence-electron chi connectivity index (χ2n) is 15.3. The van der Waals surface area contributed by atoms with Crippen molar-refractivity contribution in [3.05, 3.63) is 62.7 Å². The molecule has 4 bridgehead atoms. The number of benzene rings is 3. The Morgan fingerprint density at radius 1 is 1.05 bits per heavy atom. The van der Waals surface area contributed by atoms with Crippen LogP contribution in [0.25, 0.3) is 0 Å². The van der Waals surface area contributed by atoms with E-state index in [1.807, 2.05) is 24.9 Å². The van der Waals surface area contributed by atoms with E-state index in [1.165, 1.54) is 21.1 Å². The molecular formula is C40H42N4O11S. The monoisotopic (exact) mass is 786 g/mol. The number of fused-ring (bicyclic) bond motifs is 9. The van der Waals surface area contributed by atoms with Gasteiger partial charge in [-0.15, -0.1) is 0 Å². The highest BCUT2D eigenvalue weighted by Gasteiger charge is 2.63. The van der Waals surface area contributed by atoms with Gasteiger partial charge in [-0.25, -0.2) is 4.79 Å². The first-order valence-corrected chi connectivity index (χ1v) is 19.9. The summed E-state index contributed by atoms with van der Waals surface area (Å²) < 4.78 is 51.8. The van der Waals surface area contributed by atoms with Gasteiger partial charge in [-0.3, -0.25) is 24.1 Å². The Hall–Kier alpha value is -5.08. The summed E-state index contributed by atoms with van der Waals surface area (Å²) in [6.07, 6.45) is 0.882. The van der Waals surface area contributed by atoms with Crippen molar-refractivity contribution >= 4 is 22.7 Å². The number of hydrogen-bond acceptors (Lipinski definition) is 15. The van der Waals surface area contributed by atoms with Gasteiger partial charge in [0.1, 0.15) is 18.4 Å². The van der Waals surface area contributed by atoms with Crippen LogP contribution < -0.4 is 29.0 Å². The third kappa shape index (κ3) is 4.87. The number of rotatable bonds is 3. The molecule has 56 heavy (non-hydrogen) atoms. The van der Waals surface area contributed by atoms with E-state index in [1.54, 1.807) is 19.1 Å². The molecule has 2 unspecified atom stereocenters. The Morgan fingerprint density at radius 2 is 1.82 bits per heavy atom. The molecule has 0 saturated carbocycles. The predicted molar refractivity (Wildman–Crippen MR) is 199 cm³/mol. The molecule has 7 aliphatic rings. The fourth-order valence-corrected chi connectivity index (χ4v) is 12.5. The average molecular weight is 787 g/mol. The molecule has 1 spiro atoms. The highest BCUT2D eigenvalue weighted by molar-refractivity contribution is 7.85. The maximum Gasteiger partial charge on any atom is 0.332 e. The second kappa shape index (κ2) is 13.0. The van der Waals surface area contributed by atoms with E-state index >= 15 is 4.21 Å². The SMILES string of the molecule is COc1cc2c(cc1O)CCN[C@]21CS(=O)[C@@H]2c3c(OC(C)=O)c(C)c4c(c3[C@@H](COC1=O)N1C2[C@H]2c3c(cc(C)c(OC)c3O)C[C@H]([C@@H]1C#N)N2C)OCO4. The molecule has 2 saturated heterocycles. The number of nitrogens with zero attached hydrogens (tertiary/aromatic N) is 3. The summed E-state index contributed by atoms with van der Waals surface area (Å²) in [7, 11) is 2.75. The number of carbonyl (C=O) groups excluding carboxylic acids is 2. The number of aryl methyl sites for hydroxylation is 1. The molecular weight excluding hydrogens is 745 g/mol. The Bertz CT molecular complexity index is 2310. The first-order chi connectivity index (χ1) is 26.9. The van der Waals surface area contributed by atoms with Gasteiger partial charge in [0, 0.05) is 52.6 Å². The summed E-state index contributed by atoms with van der Waals surface area (Å²) in [6, 6.07) is 4.10. The molecule has 294 valence electrons. The fourth-order valence-electron chi connectivity index (χ4n) is 10.4. The number of esters is 2. The van der Waals surface area contributed by atoms with Crippen LogP contribution in [0.3, 0.4) is 0 Å². The van der Waals surface area contributed by atoms with E-state index in [0.29, 0.717) is 70.0 Å². The van der Waals surface area contributed by atoms with Gasteiger partial charge >= 0.3 is 11.9 Å². The highest BCUT2D eigenvalue weighted by Crippen LogP contribution is 2.63. The minimum absolute atomic E-state index is 0.0492. The summed E-state index contributed by atoms with van der Waals surface area (Å²) in [6.45, 7) is 4.79. The first kappa shape index (κ1) is 36.6. The molecule has 0 amide bonds. The predicted octanol–water partition coefficient (Wildman–Crippen LogP) is 3.00. The zero-order valence-electron chi connectivity index (χ0n) is 31.8. The van der Waals surface area contributed by atoms with Crippen molar-refractivity contribution in [2.45, 2.75) is 74.6 Å². The Balaban J connectivity index is 1.36. The summed E-state index contributed by atoms with van der Waals surface area (Å²) in [5, 5.41) is 36.2. The van der Waals surface area contributed by atoms with Gasteiger partial charge in [0.15, 0.2) is 40.0 Å². The maximum absolute atomic E-state index is 16.0. The van der Waals surface area contributed by atoms with Gasteiger partial charge < -0.3 is 38.6 Å².